The number of nitrogens with one attached hydrogen (secondary N) is 1. The molecule has 0 radical (unpaired) electrons. The van der Waals surface area contributed by atoms with Crippen molar-refractivity contribution in [1.82, 2.24) is 10.4 Å². The highest BCUT2D eigenvalue weighted by Gasteiger charge is 2.26. The molecule has 1 aliphatic heterocycles. The van der Waals surface area contributed by atoms with Crippen molar-refractivity contribution in [2.45, 2.75) is 13.0 Å². The van der Waals surface area contributed by atoms with Crippen LogP contribution >= 0.6 is 11.6 Å². The van der Waals surface area contributed by atoms with E-state index in [2.05, 4.69) is 0 Å². The summed E-state index contributed by atoms with van der Waals surface area (Å²) in [7, 11) is 1.60. The number of rotatable bonds is 5. The maximum Gasteiger partial charge on any atom is 0.274 e. The van der Waals surface area contributed by atoms with Crippen LogP contribution in [0.2, 0.25) is 5.02 Å². The number of benzene rings is 3. The average Bonchev–Trinajstić information content (AvgIpc) is 2.86. The molecule has 0 atom stereocenters. The number of halogens is 1. The zero-order valence-electron chi connectivity index (χ0n) is 18.0. The van der Waals surface area contributed by atoms with Crippen molar-refractivity contribution in [2.75, 3.05) is 13.7 Å². The summed E-state index contributed by atoms with van der Waals surface area (Å²) in [6, 6.07) is 20.0. The second-order valence-electron chi connectivity index (χ2n) is 7.71. The third-order valence-electron chi connectivity index (χ3n) is 5.69. The molecular weight excluding hydrogens is 440 g/mol. The molecule has 3 aromatic carbocycles. The minimum absolute atomic E-state index is 0.151. The Morgan fingerprint density at radius 2 is 1.82 bits per heavy atom. The van der Waals surface area contributed by atoms with E-state index in [1.54, 1.807) is 35.7 Å². The van der Waals surface area contributed by atoms with Crippen LogP contribution in [-0.4, -0.2) is 35.6 Å². The van der Waals surface area contributed by atoms with E-state index < -0.39 is 5.91 Å². The first-order chi connectivity index (χ1) is 16.0. The second-order valence-corrected chi connectivity index (χ2v) is 8.12. The Morgan fingerprint density at radius 3 is 2.52 bits per heavy atom. The van der Waals surface area contributed by atoms with Crippen LogP contribution in [-0.2, 0) is 17.8 Å². The first-order valence-corrected chi connectivity index (χ1v) is 10.8. The molecule has 0 aromatic heterocycles. The van der Waals surface area contributed by atoms with E-state index in [1.165, 1.54) is 0 Å². The van der Waals surface area contributed by atoms with Gasteiger partial charge in [-0.3, -0.25) is 14.8 Å². The quantitative estimate of drug-likeness (QED) is 0.251. The fourth-order valence-electron chi connectivity index (χ4n) is 3.91. The van der Waals surface area contributed by atoms with Gasteiger partial charge in [0.1, 0.15) is 5.75 Å². The van der Waals surface area contributed by atoms with Crippen LogP contribution in [0.15, 0.2) is 66.7 Å². The molecule has 0 unspecified atom stereocenters. The monoisotopic (exact) mass is 462 g/mol. The van der Waals surface area contributed by atoms with E-state index in [0.29, 0.717) is 41.2 Å². The predicted molar refractivity (Wildman–Crippen MR) is 127 cm³/mol. The molecule has 168 valence electrons. The minimum Gasteiger partial charge on any atom is -0.497 e. The number of amides is 2. The summed E-state index contributed by atoms with van der Waals surface area (Å²) < 4.78 is 5.23. The minimum atomic E-state index is -0.586. The Bertz CT molecular complexity index is 1220. The number of hydroxylamine groups is 1. The lowest BCUT2D eigenvalue weighted by atomic mass is 9.95. The van der Waals surface area contributed by atoms with Gasteiger partial charge in [-0.1, -0.05) is 48.0 Å². The van der Waals surface area contributed by atoms with Gasteiger partial charge in [-0.25, -0.2) is 5.48 Å². The van der Waals surface area contributed by atoms with Crippen LogP contribution in [0, 0.1) is 0 Å². The molecule has 6 nitrogen and oxygen atoms in total. The lowest BCUT2D eigenvalue weighted by Gasteiger charge is -2.30. The van der Waals surface area contributed by atoms with E-state index in [9.17, 15) is 9.59 Å². The zero-order chi connectivity index (χ0) is 23.4. The maximum atomic E-state index is 13.7. The van der Waals surface area contributed by atoms with Gasteiger partial charge < -0.3 is 9.64 Å². The van der Waals surface area contributed by atoms with E-state index in [4.69, 9.17) is 21.5 Å². The molecule has 33 heavy (non-hydrogen) atoms. The number of fused-ring (bicyclic) bond motifs is 1. The number of carbonyl (C=O) groups excluding carboxylic acids is 2. The van der Waals surface area contributed by atoms with Gasteiger partial charge >= 0.3 is 0 Å². The molecule has 3 aromatic rings. The summed E-state index contributed by atoms with van der Waals surface area (Å²) in [4.78, 5) is 27.3. The van der Waals surface area contributed by atoms with Crippen molar-refractivity contribution in [3.63, 3.8) is 0 Å². The van der Waals surface area contributed by atoms with Crippen LogP contribution in [0.1, 0.15) is 32.6 Å². The highest BCUT2D eigenvalue weighted by Crippen LogP contribution is 2.30. The molecule has 0 aliphatic carbocycles. The Morgan fingerprint density at radius 1 is 1.06 bits per heavy atom. The van der Waals surface area contributed by atoms with Crippen molar-refractivity contribution in [2.24, 2.45) is 0 Å². The summed E-state index contributed by atoms with van der Waals surface area (Å²) in [6.07, 6.45) is 2.49. The lowest BCUT2D eigenvalue weighted by molar-refractivity contribution is -0.125. The Hall–Kier alpha value is -3.61. The Labute approximate surface area is 197 Å². The van der Waals surface area contributed by atoms with Crippen molar-refractivity contribution in [3.05, 3.63) is 99.6 Å². The smallest absolute Gasteiger partial charge is 0.274 e. The van der Waals surface area contributed by atoms with Crippen LogP contribution in [0.4, 0.5) is 0 Å². The predicted octanol–water partition coefficient (Wildman–Crippen LogP) is 4.59. The molecule has 0 spiro atoms. The number of methoxy groups -OCH3 is 1. The van der Waals surface area contributed by atoms with Crippen LogP contribution < -0.4 is 10.2 Å². The van der Waals surface area contributed by atoms with E-state index in [0.717, 1.165) is 22.4 Å². The number of hydrogen-bond acceptors (Lipinski definition) is 4. The summed E-state index contributed by atoms with van der Waals surface area (Å²) in [5, 5.41) is 9.43. The highest BCUT2D eigenvalue weighted by atomic mass is 35.5. The molecule has 1 heterocycles. The summed E-state index contributed by atoms with van der Waals surface area (Å²) in [5.41, 5.74) is 5.92. The standard InChI is InChI=1S/C26H23ClN2O4/c1-33-21-10-6-17(7-11-21)14-23(22-4-2-3-5-24(22)27)26(31)29-13-12-18-8-9-19(25(30)28-32)15-20(18)16-29/h2-11,14-15,32H,12-13,16H2,1H3,(H,28,30)/b23-14-. The Kier molecular flexibility index (Phi) is 6.77. The van der Waals surface area contributed by atoms with Gasteiger partial charge in [-0.2, -0.15) is 0 Å². The van der Waals surface area contributed by atoms with Crippen LogP contribution in [0.25, 0.3) is 11.6 Å². The van der Waals surface area contributed by atoms with E-state index in [1.807, 2.05) is 54.6 Å². The fraction of sp³-hybridized carbons (Fsp3) is 0.154. The number of hydrogen-bond donors (Lipinski definition) is 2. The molecule has 4 rings (SSSR count). The second kappa shape index (κ2) is 9.90. The number of carbonyl (C=O) groups is 2. The molecular formula is C26H23ClN2O4. The van der Waals surface area contributed by atoms with Crippen molar-refractivity contribution in [3.8, 4) is 5.75 Å². The SMILES string of the molecule is COc1ccc(/C=C(\C(=O)N2CCc3ccc(C(=O)NO)cc3C2)c2ccccc2Cl)cc1. The van der Waals surface area contributed by atoms with Crippen LogP contribution in [0.5, 0.6) is 5.75 Å². The van der Waals surface area contributed by atoms with E-state index >= 15 is 0 Å². The van der Waals surface area contributed by atoms with Gasteiger partial charge in [-0.05, 0) is 59.5 Å². The maximum absolute atomic E-state index is 13.7. The first kappa shape index (κ1) is 22.6. The van der Waals surface area contributed by atoms with Crippen LogP contribution in [0.3, 0.4) is 0 Å². The average molecular weight is 463 g/mol. The van der Waals surface area contributed by atoms with Gasteiger partial charge in [0.2, 0.25) is 0 Å². The van der Waals surface area contributed by atoms with E-state index in [-0.39, 0.29) is 5.91 Å². The molecule has 2 N–H and O–H groups in total. The number of ether oxygens (including phenoxy) is 1. The molecule has 0 saturated carbocycles. The largest absolute Gasteiger partial charge is 0.497 e. The lowest BCUT2D eigenvalue weighted by Crippen LogP contribution is -2.36. The fourth-order valence-corrected chi connectivity index (χ4v) is 4.15. The molecule has 0 saturated heterocycles. The number of nitrogens with zero attached hydrogens (tertiary/aromatic N) is 1. The van der Waals surface area contributed by atoms with Gasteiger partial charge in [0.25, 0.3) is 11.8 Å². The van der Waals surface area contributed by atoms with Gasteiger partial charge in [0.15, 0.2) is 0 Å². The third-order valence-corrected chi connectivity index (χ3v) is 6.02. The molecule has 1 aliphatic rings. The van der Waals surface area contributed by atoms with Gasteiger partial charge in [0.05, 0.1) is 7.11 Å². The summed E-state index contributed by atoms with van der Waals surface area (Å²) in [6.45, 7) is 0.896. The summed E-state index contributed by atoms with van der Waals surface area (Å²) in [5.74, 6) is -0.00730. The molecule has 7 heteroatoms. The summed E-state index contributed by atoms with van der Waals surface area (Å²) >= 11 is 6.47. The van der Waals surface area contributed by atoms with Gasteiger partial charge in [-0.15, -0.1) is 0 Å². The topological polar surface area (TPSA) is 78.9 Å². The molecule has 0 fully saturated rings. The van der Waals surface area contributed by atoms with Gasteiger partial charge in [0, 0.05) is 34.8 Å². The highest BCUT2D eigenvalue weighted by molar-refractivity contribution is 6.36. The Balaban J connectivity index is 1.69. The van der Waals surface area contributed by atoms with Crippen molar-refractivity contribution < 1.29 is 19.5 Å². The van der Waals surface area contributed by atoms with Crippen molar-refractivity contribution >= 4 is 35.1 Å². The van der Waals surface area contributed by atoms with Crippen molar-refractivity contribution in [1.29, 1.82) is 0 Å². The molecule has 2 amide bonds. The first-order valence-electron chi connectivity index (χ1n) is 10.5. The zero-order valence-corrected chi connectivity index (χ0v) is 18.8. The molecule has 0 bridgehead atoms. The normalized spacial score (nSPS) is 13.3. The third kappa shape index (κ3) is 4.92.